The normalized spacial score (nSPS) is 13.2. The Kier molecular flexibility index (Phi) is 5.40. The number of nitrogens with zero attached hydrogens (tertiary/aromatic N) is 1. The number of Topliss-reactive ketones (excluding diaryl/α,β-unsaturated/α-hetero) is 1. The van der Waals surface area contributed by atoms with Crippen molar-refractivity contribution in [2.24, 2.45) is 0 Å². The Labute approximate surface area is 158 Å². The number of fused-ring (bicyclic) bond motifs is 1. The monoisotopic (exact) mass is 365 g/mol. The molecule has 1 heterocycles. The molecule has 140 valence electrons. The van der Waals surface area contributed by atoms with Gasteiger partial charge in [-0.3, -0.25) is 9.59 Å². The summed E-state index contributed by atoms with van der Waals surface area (Å²) in [5.74, 6) is -1.06. The van der Waals surface area contributed by atoms with Crippen molar-refractivity contribution in [3.63, 3.8) is 0 Å². The smallest absolute Gasteiger partial charge is 0.335 e. The fourth-order valence-electron chi connectivity index (χ4n) is 3.45. The number of rotatable bonds is 5. The van der Waals surface area contributed by atoms with Gasteiger partial charge in [-0.1, -0.05) is 23.8 Å². The summed E-state index contributed by atoms with van der Waals surface area (Å²) in [6.07, 6.45) is 1.05. The molecule has 0 aromatic heterocycles. The molecular weight excluding hydrogens is 342 g/mol. The summed E-state index contributed by atoms with van der Waals surface area (Å²) < 4.78 is 0. The minimum Gasteiger partial charge on any atom is -0.478 e. The van der Waals surface area contributed by atoms with E-state index in [2.05, 4.69) is 0 Å². The second-order valence-corrected chi connectivity index (χ2v) is 7.10. The van der Waals surface area contributed by atoms with Gasteiger partial charge in [0.05, 0.1) is 5.56 Å². The van der Waals surface area contributed by atoms with E-state index >= 15 is 0 Å². The van der Waals surface area contributed by atoms with Crippen molar-refractivity contribution in [3.8, 4) is 0 Å². The molecule has 0 radical (unpaired) electrons. The van der Waals surface area contributed by atoms with Gasteiger partial charge in [-0.25, -0.2) is 4.79 Å². The zero-order valence-corrected chi connectivity index (χ0v) is 15.6. The second kappa shape index (κ2) is 7.74. The van der Waals surface area contributed by atoms with Gasteiger partial charge in [0.1, 0.15) is 0 Å². The molecule has 5 nitrogen and oxygen atoms in total. The third-order valence-corrected chi connectivity index (χ3v) is 5.08. The first-order valence-electron chi connectivity index (χ1n) is 9.08. The predicted molar refractivity (Wildman–Crippen MR) is 102 cm³/mol. The van der Waals surface area contributed by atoms with Crippen LogP contribution in [0.2, 0.25) is 0 Å². The van der Waals surface area contributed by atoms with E-state index in [0.29, 0.717) is 25.1 Å². The third-order valence-electron chi connectivity index (χ3n) is 5.08. The summed E-state index contributed by atoms with van der Waals surface area (Å²) in [4.78, 5) is 37.9. The lowest BCUT2D eigenvalue weighted by Gasteiger charge is -2.29. The maximum Gasteiger partial charge on any atom is 0.335 e. The minimum absolute atomic E-state index is 0.0184. The highest BCUT2D eigenvalue weighted by molar-refractivity contribution is 5.99. The van der Waals surface area contributed by atoms with Crippen LogP contribution in [0.25, 0.3) is 0 Å². The Morgan fingerprint density at radius 2 is 1.78 bits per heavy atom. The topological polar surface area (TPSA) is 74.7 Å². The van der Waals surface area contributed by atoms with Crippen LogP contribution in [0.4, 0.5) is 0 Å². The van der Waals surface area contributed by atoms with Crippen LogP contribution in [0.5, 0.6) is 0 Å². The van der Waals surface area contributed by atoms with E-state index in [4.69, 9.17) is 5.11 Å². The highest BCUT2D eigenvalue weighted by Crippen LogP contribution is 2.22. The van der Waals surface area contributed by atoms with Gasteiger partial charge in [0.25, 0.3) is 0 Å². The maximum absolute atomic E-state index is 12.6. The van der Waals surface area contributed by atoms with Gasteiger partial charge < -0.3 is 10.0 Å². The standard InChI is InChI=1S/C22H23NO4/c1-14-3-4-15(2)19(11-14)20(24)7-8-21(25)23-10-9-16-5-6-17(22(26)27)12-18(16)13-23/h3-6,11-12H,7-10,13H2,1-2H3,(H,26,27). The van der Waals surface area contributed by atoms with E-state index in [1.807, 2.05) is 38.1 Å². The zero-order chi connectivity index (χ0) is 19.6. The van der Waals surface area contributed by atoms with Crippen LogP contribution in [0, 0.1) is 13.8 Å². The summed E-state index contributed by atoms with van der Waals surface area (Å²) in [5, 5.41) is 9.14. The molecule has 0 saturated carbocycles. The van der Waals surface area contributed by atoms with E-state index in [-0.39, 0.29) is 30.1 Å². The van der Waals surface area contributed by atoms with Crippen molar-refractivity contribution < 1.29 is 19.5 Å². The highest BCUT2D eigenvalue weighted by atomic mass is 16.4. The fourth-order valence-corrected chi connectivity index (χ4v) is 3.45. The van der Waals surface area contributed by atoms with Gasteiger partial charge in [-0.05, 0) is 55.2 Å². The molecule has 0 atom stereocenters. The van der Waals surface area contributed by atoms with Crippen molar-refractivity contribution in [1.82, 2.24) is 4.90 Å². The molecule has 3 rings (SSSR count). The molecule has 1 aliphatic rings. The van der Waals surface area contributed by atoms with Gasteiger partial charge in [-0.2, -0.15) is 0 Å². The van der Waals surface area contributed by atoms with Crippen LogP contribution >= 0.6 is 0 Å². The molecule has 0 unspecified atom stereocenters. The number of carboxylic acids is 1. The van der Waals surface area contributed by atoms with E-state index < -0.39 is 5.97 Å². The number of benzene rings is 2. The number of hydrogen-bond acceptors (Lipinski definition) is 3. The van der Waals surface area contributed by atoms with E-state index in [9.17, 15) is 14.4 Å². The van der Waals surface area contributed by atoms with E-state index in [1.165, 1.54) is 0 Å². The van der Waals surface area contributed by atoms with E-state index in [0.717, 1.165) is 22.3 Å². The molecule has 0 spiro atoms. The number of ketones is 1. The molecule has 0 saturated heterocycles. The van der Waals surface area contributed by atoms with Crippen molar-refractivity contribution in [3.05, 3.63) is 69.8 Å². The average molecular weight is 365 g/mol. The summed E-state index contributed by atoms with van der Waals surface area (Å²) in [6.45, 7) is 4.83. The summed E-state index contributed by atoms with van der Waals surface area (Å²) in [5.41, 5.74) is 4.81. The first kappa shape index (κ1) is 18.8. The van der Waals surface area contributed by atoms with Gasteiger partial charge in [-0.15, -0.1) is 0 Å². The molecule has 2 aromatic carbocycles. The van der Waals surface area contributed by atoms with Crippen molar-refractivity contribution in [1.29, 1.82) is 0 Å². The van der Waals surface area contributed by atoms with Crippen LogP contribution in [-0.4, -0.2) is 34.2 Å². The van der Waals surface area contributed by atoms with Crippen molar-refractivity contribution >= 4 is 17.7 Å². The zero-order valence-electron chi connectivity index (χ0n) is 15.6. The molecule has 0 aliphatic carbocycles. The molecule has 0 fully saturated rings. The number of carbonyl (C=O) groups is 3. The summed E-state index contributed by atoms with van der Waals surface area (Å²) >= 11 is 0. The highest BCUT2D eigenvalue weighted by Gasteiger charge is 2.22. The van der Waals surface area contributed by atoms with Crippen molar-refractivity contribution in [2.75, 3.05) is 6.54 Å². The fraction of sp³-hybridized carbons (Fsp3) is 0.318. The minimum atomic E-state index is -0.972. The van der Waals surface area contributed by atoms with Gasteiger partial charge in [0, 0.05) is 31.5 Å². The van der Waals surface area contributed by atoms with Crippen LogP contribution in [0.15, 0.2) is 36.4 Å². The SMILES string of the molecule is Cc1ccc(C)c(C(=O)CCC(=O)N2CCc3ccc(C(=O)O)cc3C2)c1. The van der Waals surface area contributed by atoms with Gasteiger partial charge in [0.15, 0.2) is 5.78 Å². The Balaban J connectivity index is 1.64. The van der Waals surface area contributed by atoms with Crippen molar-refractivity contribution in [2.45, 2.75) is 39.7 Å². The van der Waals surface area contributed by atoms with Crippen LogP contribution in [-0.2, 0) is 17.8 Å². The summed E-state index contributed by atoms with van der Waals surface area (Å²) in [7, 11) is 0. The Hall–Kier alpha value is -2.95. The number of carbonyl (C=O) groups excluding carboxylic acids is 2. The molecule has 1 aliphatic heterocycles. The number of aryl methyl sites for hydroxylation is 2. The first-order valence-corrected chi connectivity index (χ1v) is 9.08. The number of amides is 1. The lowest BCUT2D eigenvalue weighted by molar-refractivity contribution is -0.132. The number of hydrogen-bond donors (Lipinski definition) is 1. The van der Waals surface area contributed by atoms with Gasteiger partial charge >= 0.3 is 5.97 Å². The van der Waals surface area contributed by atoms with Crippen LogP contribution < -0.4 is 0 Å². The first-order chi connectivity index (χ1) is 12.8. The predicted octanol–water partition coefficient (Wildman–Crippen LogP) is 3.55. The summed E-state index contributed by atoms with van der Waals surface area (Å²) in [6, 6.07) is 10.8. The van der Waals surface area contributed by atoms with Crippen LogP contribution in [0.3, 0.4) is 0 Å². The Morgan fingerprint density at radius 1 is 1.00 bits per heavy atom. The lowest BCUT2D eigenvalue weighted by Crippen LogP contribution is -2.36. The molecule has 1 amide bonds. The lowest BCUT2D eigenvalue weighted by atomic mass is 9.96. The largest absolute Gasteiger partial charge is 0.478 e. The molecule has 1 N–H and O–H groups in total. The van der Waals surface area contributed by atoms with E-state index in [1.54, 1.807) is 17.0 Å². The average Bonchev–Trinajstić information content (AvgIpc) is 2.66. The molecule has 2 aromatic rings. The molecular formula is C22H23NO4. The van der Waals surface area contributed by atoms with Crippen LogP contribution in [0.1, 0.15) is 55.8 Å². The molecule has 0 bridgehead atoms. The third kappa shape index (κ3) is 4.25. The second-order valence-electron chi connectivity index (χ2n) is 7.10. The number of carboxylic acid groups (broad SMARTS) is 1. The number of aromatic carboxylic acids is 1. The Morgan fingerprint density at radius 3 is 2.52 bits per heavy atom. The Bertz CT molecular complexity index is 917. The molecule has 5 heteroatoms. The molecule has 27 heavy (non-hydrogen) atoms. The quantitative estimate of drug-likeness (QED) is 0.822. The van der Waals surface area contributed by atoms with Gasteiger partial charge in [0.2, 0.25) is 5.91 Å². The maximum atomic E-state index is 12.6.